The molecule has 0 spiro atoms. The Morgan fingerprint density at radius 2 is 1.64 bits per heavy atom. The number of hydrogen-bond acceptors (Lipinski definition) is 4. The van der Waals surface area contributed by atoms with Gasteiger partial charge in [0.2, 0.25) is 21.8 Å². The van der Waals surface area contributed by atoms with Gasteiger partial charge < -0.3 is 10.2 Å². The molecule has 1 N–H and O–H groups in total. The van der Waals surface area contributed by atoms with Gasteiger partial charge in [0.25, 0.3) is 0 Å². The van der Waals surface area contributed by atoms with E-state index in [0.717, 1.165) is 41.8 Å². The highest BCUT2D eigenvalue weighted by atomic mass is 35.5. The molecule has 0 saturated heterocycles. The summed E-state index contributed by atoms with van der Waals surface area (Å²) in [6.07, 6.45) is 5.27. The zero-order valence-corrected chi connectivity index (χ0v) is 23.3. The normalized spacial score (nSPS) is 14.9. The van der Waals surface area contributed by atoms with E-state index in [1.807, 2.05) is 6.92 Å². The molecule has 2 aromatic carbocycles. The van der Waals surface area contributed by atoms with E-state index >= 15 is 0 Å². The van der Waals surface area contributed by atoms with Crippen molar-refractivity contribution in [2.45, 2.75) is 57.7 Å². The summed E-state index contributed by atoms with van der Waals surface area (Å²) >= 11 is 18.4. The summed E-state index contributed by atoms with van der Waals surface area (Å²) in [7, 11) is -3.91. The van der Waals surface area contributed by atoms with Gasteiger partial charge in [-0.25, -0.2) is 8.42 Å². The fourth-order valence-electron chi connectivity index (χ4n) is 4.35. The molecule has 0 heterocycles. The van der Waals surface area contributed by atoms with Crippen LogP contribution >= 0.6 is 34.8 Å². The number of anilines is 1. The molecule has 1 saturated carbocycles. The Balaban J connectivity index is 1.94. The van der Waals surface area contributed by atoms with E-state index in [2.05, 4.69) is 5.32 Å². The highest BCUT2D eigenvalue weighted by Gasteiger charge is 2.33. The highest BCUT2D eigenvalue weighted by Crippen LogP contribution is 2.31. The average Bonchev–Trinajstić information content (AvgIpc) is 3.32. The minimum absolute atomic E-state index is 0.0804. The van der Waals surface area contributed by atoms with Crippen molar-refractivity contribution in [1.82, 2.24) is 10.2 Å². The van der Waals surface area contributed by atoms with Crippen LogP contribution in [0.2, 0.25) is 15.1 Å². The molecule has 3 rings (SSSR count). The van der Waals surface area contributed by atoms with E-state index in [1.165, 1.54) is 23.1 Å². The zero-order valence-electron chi connectivity index (χ0n) is 20.2. The fourth-order valence-corrected chi connectivity index (χ4v) is 5.76. The summed E-state index contributed by atoms with van der Waals surface area (Å²) in [6.45, 7) is 1.39. The summed E-state index contributed by atoms with van der Waals surface area (Å²) in [6, 6.07) is 10.6. The number of halogens is 3. The number of hydrogen-bond donors (Lipinski definition) is 1. The summed E-state index contributed by atoms with van der Waals surface area (Å²) in [4.78, 5) is 28.4. The number of nitrogens with zero attached hydrogens (tertiary/aromatic N) is 2. The first kappa shape index (κ1) is 28.6. The topological polar surface area (TPSA) is 86.8 Å². The molecule has 1 aliphatic rings. The average molecular weight is 575 g/mol. The molecule has 196 valence electrons. The number of rotatable bonds is 10. The third-order valence-corrected chi connectivity index (χ3v) is 8.14. The van der Waals surface area contributed by atoms with Gasteiger partial charge in [0, 0.05) is 22.6 Å². The summed E-state index contributed by atoms with van der Waals surface area (Å²) in [5.41, 5.74) is 0.849. The number of nitrogens with one attached hydrogen (secondary N) is 1. The van der Waals surface area contributed by atoms with Crippen LogP contribution in [0.4, 0.5) is 5.69 Å². The van der Waals surface area contributed by atoms with Gasteiger partial charge in [-0.15, -0.1) is 0 Å². The van der Waals surface area contributed by atoms with E-state index in [4.69, 9.17) is 34.8 Å². The van der Waals surface area contributed by atoms with Crippen LogP contribution in [0.1, 0.15) is 44.6 Å². The van der Waals surface area contributed by atoms with Crippen molar-refractivity contribution in [3.05, 3.63) is 63.1 Å². The number of carbonyl (C=O) groups excluding carboxylic acids is 2. The van der Waals surface area contributed by atoms with Gasteiger partial charge in [0.15, 0.2) is 0 Å². The molecular formula is C25H30Cl3N3O4S. The Bertz CT molecular complexity index is 1190. The largest absolute Gasteiger partial charge is 0.352 e. The molecule has 1 aliphatic carbocycles. The first-order valence-corrected chi connectivity index (χ1v) is 14.7. The standard InChI is InChI=1S/C25H30Cl3N3O4S/c1-3-22(25(33)29-20-6-4-5-7-20)30(15-17-8-10-18(26)11-9-17)24(32)16-31(36(2,34)35)23-14-19(27)12-13-21(23)28/h8-14,20,22H,3-7,15-16H2,1-2H3,(H,29,33)/t22-/m0/s1. The maximum atomic E-state index is 13.7. The lowest BCUT2D eigenvalue weighted by Gasteiger charge is -2.33. The van der Waals surface area contributed by atoms with Crippen molar-refractivity contribution < 1.29 is 18.0 Å². The zero-order chi connectivity index (χ0) is 26.5. The predicted octanol–water partition coefficient (Wildman–Crippen LogP) is 5.28. The van der Waals surface area contributed by atoms with Crippen LogP contribution in [0, 0.1) is 0 Å². The van der Waals surface area contributed by atoms with Crippen LogP contribution in [0.3, 0.4) is 0 Å². The minimum Gasteiger partial charge on any atom is -0.352 e. The number of benzene rings is 2. The van der Waals surface area contributed by atoms with Crippen LogP contribution < -0.4 is 9.62 Å². The number of carbonyl (C=O) groups is 2. The maximum Gasteiger partial charge on any atom is 0.244 e. The minimum atomic E-state index is -3.91. The second kappa shape index (κ2) is 12.5. The molecular weight excluding hydrogens is 545 g/mol. The van der Waals surface area contributed by atoms with Crippen molar-refractivity contribution in [3.8, 4) is 0 Å². The lowest BCUT2D eigenvalue weighted by Crippen LogP contribution is -2.53. The van der Waals surface area contributed by atoms with Gasteiger partial charge in [-0.1, -0.05) is 66.7 Å². The van der Waals surface area contributed by atoms with Crippen molar-refractivity contribution >= 4 is 62.3 Å². The molecule has 2 amide bonds. The summed E-state index contributed by atoms with van der Waals surface area (Å²) < 4.78 is 26.3. The Hall–Kier alpha value is -2.00. The van der Waals surface area contributed by atoms with Crippen LogP contribution in [-0.2, 0) is 26.2 Å². The fraction of sp³-hybridized carbons (Fsp3) is 0.440. The lowest BCUT2D eigenvalue weighted by atomic mass is 10.1. The van der Waals surface area contributed by atoms with E-state index in [1.54, 1.807) is 24.3 Å². The van der Waals surface area contributed by atoms with Crippen molar-refractivity contribution in [2.24, 2.45) is 0 Å². The second-order valence-electron chi connectivity index (χ2n) is 8.93. The summed E-state index contributed by atoms with van der Waals surface area (Å²) in [5.74, 6) is -0.793. The van der Waals surface area contributed by atoms with Gasteiger partial charge >= 0.3 is 0 Å². The van der Waals surface area contributed by atoms with Crippen LogP contribution in [0.5, 0.6) is 0 Å². The Morgan fingerprint density at radius 3 is 2.22 bits per heavy atom. The van der Waals surface area contributed by atoms with Gasteiger partial charge in [-0.3, -0.25) is 13.9 Å². The number of sulfonamides is 1. The predicted molar refractivity (Wildman–Crippen MR) is 145 cm³/mol. The molecule has 0 unspecified atom stereocenters. The smallest absolute Gasteiger partial charge is 0.244 e. The maximum absolute atomic E-state index is 13.7. The van der Waals surface area contributed by atoms with Crippen LogP contribution in [-0.4, -0.2) is 50.0 Å². The first-order chi connectivity index (χ1) is 17.0. The third-order valence-electron chi connectivity index (χ3n) is 6.21. The molecule has 1 atom stereocenters. The SMILES string of the molecule is CC[C@@H](C(=O)NC1CCCC1)N(Cc1ccc(Cl)cc1)C(=O)CN(c1cc(Cl)ccc1Cl)S(C)(=O)=O. The number of amides is 2. The van der Waals surface area contributed by atoms with E-state index < -0.39 is 28.5 Å². The molecule has 0 aromatic heterocycles. The van der Waals surface area contributed by atoms with Gasteiger partial charge in [0.05, 0.1) is 17.0 Å². The van der Waals surface area contributed by atoms with Crippen molar-refractivity contribution in [3.63, 3.8) is 0 Å². The van der Waals surface area contributed by atoms with E-state index in [-0.39, 0.29) is 34.2 Å². The van der Waals surface area contributed by atoms with Crippen molar-refractivity contribution in [1.29, 1.82) is 0 Å². The van der Waals surface area contributed by atoms with E-state index in [9.17, 15) is 18.0 Å². The molecule has 0 aliphatic heterocycles. The molecule has 0 radical (unpaired) electrons. The third kappa shape index (κ3) is 7.51. The van der Waals surface area contributed by atoms with Gasteiger partial charge in [0.1, 0.15) is 12.6 Å². The molecule has 7 nitrogen and oxygen atoms in total. The molecule has 36 heavy (non-hydrogen) atoms. The lowest BCUT2D eigenvalue weighted by molar-refractivity contribution is -0.140. The van der Waals surface area contributed by atoms with Crippen LogP contribution in [0.25, 0.3) is 0 Å². The highest BCUT2D eigenvalue weighted by molar-refractivity contribution is 7.92. The van der Waals surface area contributed by atoms with Gasteiger partial charge in [-0.2, -0.15) is 0 Å². The second-order valence-corrected chi connectivity index (χ2v) is 12.1. The van der Waals surface area contributed by atoms with Gasteiger partial charge in [-0.05, 0) is 55.2 Å². The van der Waals surface area contributed by atoms with Crippen LogP contribution in [0.15, 0.2) is 42.5 Å². The molecule has 2 aromatic rings. The first-order valence-electron chi connectivity index (χ1n) is 11.8. The van der Waals surface area contributed by atoms with E-state index in [0.29, 0.717) is 11.4 Å². The molecule has 1 fully saturated rings. The Kier molecular flexibility index (Phi) is 9.92. The Labute approximate surface area is 227 Å². The monoisotopic (exact) mass is 573 g/mol. The Morgan fingerprint density at radius 1 is 1.03 bits per heavy atom. The van der Waals surface area contributed by atoms with Crippen molar-refractivity contribution in [2.75, 3.05) is 17.1 Å². The quantitative estimate of drug-likeness (QED) is 0.418. The molecule has 0 bridgehead atoms. The molecule has 11 heteroatoms. The summed E-state index contributed by atoms with van der Waals surface area (Å²) in [5, 5.41) is 4.02.